The monoisotopic (exact) mass is 412 g/mol. The van der Waals surface area contributed by atoms with Crippen molar-refractivity contribution in [2.24, 2.45) is 4.99 Å². The van der Waals surface area contributed by atoms with Gasteiger partial charge in [0, 0.05) is 50.1 Å². The van der Waals surface area contributed by atoms with E-state index in [1.807, 2.05) is 18.7 Å². The summed E-state index contributed by atoms with van der Waals surface area (Å²) in [6.45, 7) is 9.23. The maximum Gasteiger partial charge on any atom is 0.215 e. The highest BCUT2D eigenvalue weighted by Gasteiger charge is 2.23. The van der Waals surface area contributed by atoms with Gasteiger partial charge >= 0.3 is 0 Å². The summed E-state index contributed by atoms with van der Waals surface area (Å²) in [5.41, 5.74) is 2.51. The van der Waals surface area contributed by atoms with Crippen molar-refractivity contribution in [3.05, 3.63) is 35.4 Å². The molecule has 0 aliphatic carbocycles. The van der Waals surface area contributed by atoms with Crippen molar-refractivity contribution in [2.75, 3.05) is 50.0 Å². The quantitative estimate of drug-likeness (QED) is 0.505. The topological polar surface area (TPSA) is 73.8 Å². The first-order valence-corrected chi connectivity index (χ1v) is 12.3. The molecule has 6 nitrogen and oxygen atoms in total. The number of hydrogen-bond donors (Lipinski definition) is 2. The molecule has 1 atom stereocenters. The predicted octanol–water partition coefficient (Wildman–Crippen LogP) is 2.03. The first-order valence-electron chi connectivity index (χ1n) is 9.56. The second-order valence-corrected chi connectivity index (χ2v) is 10.1. The molecule has 2 N–H and O–H groups in total. The van der Waals surface area contributed by atoms with Crippen molar-refractivity contribution in [3.8, 4) is 0 Å². The lowest BCUT2D eigenvalue weighted by atomic mass is 10.00. The van der Waals surface area contributed by atoms with Crippen LogP contribution in [0.15, 0.2) is 29.3 Å². The van der Waals surface area contributed by atoms with Crippen LogP contribution in [0.3, 0.4) is 0 Å². The molecule has 8 heteroatoms. The lowest BCUT2D eigenvalue weighted by molar-refractivity contribution is 0.443. The van der Waals surface area contributed by atoms with E-state index in [-0.39, 0.29) is 5.75 Å². The normalized spacial score (nSPS) is 17.5. The summed E-state index contributed by atoms with van der Waals surface area (Å²) in [5.74, 6) is 2.83. The number of thioether (sulfide) groups is 1. The molecule has 1 aliphatic rings. The van der Waals surface area contributed by atoms with E-state index in [1.54, 1.807) is 4.31 Å². The van der Waals surface area contributed by atoms with Crippen LogP contribution in [-0.2, 0) is 10.0 Å². The predicted molar refractivity (Wildman–Crippen MR) is 116 cm³/mol. The Kier molecular flexibility index (Phi) is 8.92. The standard InChI is InChI=1S/C19H32N4O2S2/c1-4-20-19(22-15-17(3)18-7-5-6-16(2)14-18)21-8-13-27(24,25)23-9-11-26-12-10-23/h5-7,14,17H,4,8-13,15H2,1-3H3,(H2,20,21,22). The maximum absolute atomic E-state index is 12.4. The van der Waals surface area contributed by atoms with Gasteiger partial charge in [-0.3, -0.25) is 4.99 Å². The van der Waals surface area contributed by atoms with Gasteiger partial charge in [0.25, 0.3) is 0 Å². The van der Waals surface area contributed by atoms with Gasteiger partial charge in [-0.2, -0.15) is 11.8 Å². The number of sulfonamides is 1. The van der Waals surface area contributed by atoms with Gasteiger partial charge in [0.1, 0.15) is 0 Å². The van der Waals surface area contributed by atoms with Crippen LogP contribution in [0.25, 0.3) is 0 Å². The highest BCUT2D eigenvalue weighted by atomic mass is 32.2. The van der Waals surface area contributed by atoms with Gasteiger partial charge in [-0.15, -0.1) is 0 Å². The Morgan fingerprint density at radius 2 is 2.04 bits per heavy atom. The SMILES string of the molecule is CCNC(=NCC(C)c1cccc(C)c1)NCCS(=O)(=O)N1CCSCC1. The second kappa shape index (κ2) is 10.9. The van der Waals surface area contributed by atoms with Crippen molar-refractivity contribution < 1.29 is 8.42 Å². The van der Waals surface area contributed by atoms with Crippen molar-refractivity contribution in [2.45, 2.75) is 26.7 Å². The van der Waals surface area contributed by atoms with Gasteiger partial charge in [0.15, 0.2) is 5.96 Å². The van der Waals surface area contributed by atoms with Gasteiger partial charge in [-0.1, -0.05) is 36.8 Å². The second-order valence-electron chi connectivity index (χ2n) is 6.79. The average Bonchev–Trinajstić information content (AvgIpc) is 2.66. The molecule has 1 aromatic rings. The molecule has 1 fully saturated rings. The van der Waals surface area contributed by atoms with Crippen LogP contribution < -0.4 is 10.6 Å². The Morgan fingerprint density at radius 3 is 2.70 bits per heavy atom. The minimum atomic E-state index is -3.20. The van der Waals surface area contributed by atoms with Gasteiger partial charge in [0.05, 0.1) is 5.75 Å². The van der Waals surface area contributed by atoms with Crippen LogP contribution in [0, 0.1) is 6.92 Å². The summed E-state index contributed by atoms with van der Waals surface area (Å²) >= 11 is 1.81. The Balaban J connectivity index is 1.87. The summed E-state index contributed by atoms with van der Waals surface area (Å²) < 4.78 is 26.5. The first-order chi connectivity index (χ1) is 12.9. The molecule has 0 amide bonds. The molecule has 1 unspecified atom stereocenters. The Labute approximate surface area is 168 Å². The lowest BCUT2D eigenvalue weighted by Gasteiger charge is -2.25. The summed E-state index contributed by atoms with van der Waals surface area (Å²) in [6, 6.07) is 8.46. The Hall–Kier alpha value is -1.25. The number of aliphatic imine (C=N–C) groups is 1. The smallest absolute Gasteiger partial charge is 0.215 e. The number of rotatable bonds is 8. The van der Waals surface area contributed by atoms with Crippen molar-refractivity contribution in [1.29, 1.82) is 0 Å². The van der Waals surface area contributed by atoms with Crippen LogP contribution in [0.4, 0.5) is 0 Å². The number of nitrogens with one attached hydrogen (secondary N) is 2. The molecule has 0 radical (unpaired) electrons. The van der Waals surface area contributed by atoms with Gasteiger partial charge < -0.3 is 10.6 Å². The number of benzene rings is 1. The molecule has 1 aromatic carbocycles. The van der Waals surface area contributed by atoms with Crippen molar-refractivity contribution in [1.82, 2.24) is 14.9 Å². The minimum Gasteiger partial charge on any atom is -0.357 e. The third-order valence-electron chi connectivity index (χ3n) is 4.49. The fourth-order valence-electron chi connectivity index (χ4n) is 2.90. The molecule has 0 spiro atoms. The maximum atomic E-state index is 12.4. The molecular formula is C19H32N4O2S2. The van der Waals surface area contributed by atoms with E-state index in [0.29, 0.717) is 38.1 Å². The number of nitrogens with zero attached hydrogens (tertiary/aromatic N) is 2. The summed E-state index contributed by atoms with van der Waals surface area (Å²) in [5, 5.41) is 6.36. The van der Waals surface area contributed by atoms with E-state index in [0.717, 1.165) is 18.1 Å². The van der Waals surface area contributed by atoms with Crippen molar-refractivity contribution in [3.63, 3.8) is 0 Å². The molecule has 1 heterocycles. The Morgan fingerprint density at radius 1 is 1.30 bits per heavy atom. The zero-order valence-electron chi connectivity index (χ0n) is 16.6. The molecule has 27 heavy (non-hydrogen) atoms. The third kappa shape index (κ3) is 7.35. The van der Waals surface area contributed by atoms with Crippen LogP contribution in [0.1, 0.15) is 30.9 Å². The van der Waals surface area contributed by atoms with Gasteiger partial charge in [-0.25, -0.2) is 12.7 Å². The Bertz CT molecular complexity index is 716. The zero-order chi connectivity index (χ0) is 19.7. The van der Waals surface area contributed by atoms with E-state index in [1.165, 1.54) is 11.1 Å². The summed E-state index contributed by atoms with van der Waals surface area (Å²) in [4.78, 5) is 4.63. The molecule has 0 saturated carbocycles. The van der Waals surface area contributed by atoms with Crippen molar-refractivity contribution >= 4 is 27.7 Å². The first kappa shape index (κ1) is 22.0. The largest absolute Gasteiger partial charge is 0.357 e. The minimum absolute atomic E-state index is 0.0928. The van der Waals surface area contributed by atoms with E-state index < -0.39 is 10.0 Å². The molecule has 1 saturated heterocycles. The molecule has 0 aromatic heterocycles. The van der Waals surface area contributed by atoms with E-state index in [4.69, 9.17) is 0 Å². The molecule has 152 valence electrons. The molecule has 1 aliphatic heterocycles. The highest BCUT2D eigenvalue weighted by molar-refractivity contribution is 7.99. The van der Waals surface area contributed by atoms with E-state index >= 15 is 0 Å². The number of aryl methyl sites for hydroxylation is 1. The third-order valence-corrected chi connectivity index (χ3v) is 7.31. The number of hydrogen-bond acceptors (Lipinski definition) is 4. The summed E-state index contributed by atoms with van der Waals surface area (Å²) in [7, 11) is -3.20. The lowest BCUT2D eigenvalue weighted by Crippen LogP contribution is -2.44. The zero-order valence-corrected chi connectivity index (χ0v) is 18.2. The van der Waals surface area contributed by atoms with Crippen LogP contribution in [-0.4, -0.2) is 68.7 Å². The van der Waals surface area contributed by atoms with Crippen LogP contribution >= 0.6 is 11.8 Å². The molecule has 0 bridgehead atoms. The van der Waals surface area contributed by atoms with Crippen LogP contribution in [0.2, 0.25) is 0 Å². The average molecular weight is 413 g/mol. The van der Waals surface area contributed by atoms with Gasteiger partial charge in [0.2, 0.25) is 10.0 Å². The molecular weight excluding hydrogens is 380 g/mol. The molecule has 2 rings (SSSR count). The number of guanidine groups is 1. The fourth-order valence-corrected chi connectivity index (χ4v) is 5.40. The van der Waals surface area contributed by atoms with E-state index in [2.05, 4.69) is 53.7 Å². The highest BCUT2D eigenvalue weighted by Crippen LogP contribution is 2.16. The van der Waals surface area contributed by atoms with Crippen LogP contribution in [0.5, 0.6) is 0 Å². The fraction of sp³-hybridized carbons (Fsp3) is 0.632. The van der Waals surface area contributed by atoms with E-state index in [9.17, 15) is 8.42 Å². The summed E-state index contributed by atoms with van der Waals surface area (Å²) in [6.07, 6.45) is 0. The van der Waals surface area contributed by atoms with Gasteiger partial charge in [-0.05, 0) is 19.4 Å².